The fraction of sp³-hybridized carbons (Fsp3) is 0.684. The molecule has 140 valence electrons. The molecule has 25 heavy (non-hydrogen) atoms. The van der Waals surface area contributed by atoms with E-state index in [9.17, 15) is 9.90 Å². The number of pyridine rings is 1. The highest BCUT2D eigenvalue weighted by molar-refractivity contribution is 5.90. The van der Waals surface area contributed by atoms with E-state index in [2.05, 4.69) is 27.1 Å². The molecule has 1 fully saturated rings. The van der Waals surface area contributed by atoms with Gasteiger partial charge in [0.1, 0.15) is 5.82 Å². The normalized spacial score (nSPS) is 16.1. The van der Waals surface area contributed by atoms with Crippen molar-refractivity contribution in [3.05, 3.63) is 18.3 Å². The molecule has 2 N–H and O–H groups in total. The lowest BCUT2D eigenvalue weighted by molar-refractivity contribution is -0.121. The number of anilines is 2. The number of piperazine rings is 1. The summed E-state index contributed by atoms with van der Waals surface area (Å²) in [7, 11) is 2.13. The molecule has 0 aromatic carbocycles. The first-order valence-corrected chi connectivity index (χ1v) is 9.37. The smallest absolute Gasteiger partial charge is 0.228 e. The van der Waals surface area contributed by atoms with Gasteiger partial charge in [0.15, 0.2) is 0 Å². The van der Waals surface area contributed by atoms with Crippen molar-refractivity contribution >= 4 is 17.4 Å². The van der Waals surface area contributed by atoms with E-state index in [1.807, 2.05) is 32.2 Å². The van der Waals surface area contributed by atoms with Crippen molar-refractivity contribution in [3.63, 3.8) is 0 Å². The van der Waals surface area contributed by atoms with E-state index in [4.69, 9.17) is 0 Å². The third kappa shape index (κ3) is 5.97. The maximum atomic E-state index is 12.3. The molecule has 1 saturated heterocycles. The summed E-state index contributed by atoms with van der Waals surface area (Å²) < 4.78 is 0. The van der Waals surface area contributed by atoms with Crippen LogP contribution < -0.4 is 10.2 Å². The lowest BCUT2D eigenvalue weighted by Crippen LogP contribution is -2.44. The fourth-order valence-corrected chi connectivity index (χ4v) is 3.43. The van der Waals surface area contributed by atoms with Crippen molar-refractivity contribution in [2.45, 2.75) is 51.6 Å². The number of aliphatic hydroxyl groups is 1. The molecule has 1 aromatic heterocycles. The number of aromatic nitrogens is 1. The molecule has 6 heteroatoms. The topological polar surface area (TPSA) is 68.7 Å². The van der Waals surface area contributed by atoms with Gasteiger partial charge in [-0.05, 0) is 32.0 Å². The Morgan fingerprint density at radius 2 is 1.84 bits per heavy atom. The summed E-state index contributed by atoms with van der Waals surface area (Å²) in [5, 5.41) is 13.4. The molecule has 1 aliphatic rings. The highest BCUT2D eigenvalue weighted by Crippen LogP contribution is 2.24. The van der Waals surface area contributed by atoms with Crippen LogP contribution in [0.5, 0.6) is 0 Å². The molecule has 1 aromatic rings. The second-order valence-electron chi connectivity index (χ2n) is 7.14. The summed E-state index contributed by atoms with van der Waals surface area (Å²) in [6.07, 6.45) is 4.94. The lowest BCUT2D eigenvalue weighted by atomic mass is 9.89. The van der Waals surface area contributed by atoms with Gasteiger partial charge < -0.3 is 20.2 Å². The average Bonchev–Trinajstić information content (AvgIpc) is 2.56. The maximum Gasteiger partial charge on any atom is 0.228 e. The largest absolute Gasteiger partial charge is 0.389 e. The van der Waals surface area contributed by atoms with Crippen LogP contribution in [0.15, 0.2) is 18.3 Å². The molecule has 0 saturated carbocycles. The summed E-state index contributed by atoms with van der Waals surface area (Å²) >= 11 is 0. The van der Waals surface area contributed by atoms with Gasteiger partial charge in [0.05, 0.1) is 23.9 Å². The molecule has 2 rings (SSSR count). The van der Waals surface area contributed by atoms with Gasteiger partial charge in [-0.15, -0.1) is 0 Å². The van der Waals surface area contributed by atoms with Crippen LogP contribution in [0, 0.1) is 0 Å². The Hall–Kier alpha value is -1.66. The van der Waals surface area contributed by atoms with E-state index in [-0.39, 0.29) is 12.3 Å². The predicted molar refractivity (Wildman–Crippen MR) is 102 cm³/mol. The third-order valence-electron chi connectivity index (χ3n) is 4.80. The van der Waals surface area contributed by atoms with Gasteiger partial charge in [-0.25, -0.2) is 4.98 Å². The quantitative estimate of drug-likeness (QED) is 0.755. The van der Waals surface area contributed by atoms with Crippen LogP contribution in [0.25, 0.3) is 0 Å². The van der Waals surface area contributed by atoms with Crippen molar-refractivity contribution in [2.75, 3.05) is 43.4 Å². The first kappa shape index (κ1) is 19.7. The van der Waals surface area contributed by atoms with E-state index < -0.39 is 5.60 Å². The molecule has 0 bridgehead atoms. The SMILES string of the molecule is CCCC(O)(CCC)CC(=O)Nc1ccc(N2CCN(C)CC2)cn1. The Kier molecular flexibility index (Phi) is 7.20. The maximum absolute atomic E-state index is 12.3. The standard InChI is InChI=1S/C19H32N4O2/c1-4-8-19(25,9-5-2)14-18(24)21-17-7-6-16(15-20-17)23-12-10-22(3)11-13-23/h6-7,15,25H,4-5,8-14H2,1-3H3,(H,20,21,24). The summed E-state index contributed by atoms with van der Waals surface area (Å²) in [6.45, 7) is 8.13. The van der Waals surface area contributed by atoms with Crippen LogP contribution in [-0.2, 0) is 4.79 Å². The number of rotatable bonds is 8. The average molecular weight is 348 g/mol. The van der Waals surface area contributed by atoms with Crippen LogP contribution in [0.3, 0.4) is 0 Å². The van der Waals surface area contributed by atoms with Crippen molar-refractivity contribution in [1.29, 1.82) is 0 Å². The Morgan fingerprint density at radius 1 is 1.20 bits per heavy atom. The Bertz CT molecular complexity index is 533. The minimum atomic E-state index is -0.909. The van der Waals surface area contributed by atoms with Gasteiger partial charge in [-0.3, -0.25) is 4.79 Å². The van der Waals surface area contributed by atoms with Crippen LogP contribution >= 0.6 is 0 Å². The minimum Gasteiger partial charge on any atom is -0.389 e. The monoisotopic (exact) mass is 348 g/mol. The highest BCUT2D eigenvalue weighted by atomic mass is 16.3. The number of nitrogens with zero attached hydrogens (tertiary/aromatic N) is 3. The highest BCUT2D eigenvalue weighted by Gasteiger charge is 2.28. The number of amides is 1. The molecule has 0 unspecified atom stereocenters. The second kappa shape index (κ2) is 9.15. The van der Waals surface area contributed by atoms with Crippen molar-refractivity contribution in [2.24, 2.45) is 0 Å². The molecule has 6 nitrogen and oxygen atoms in total. The number of carbonyl (C=O) groups is 1. The van der Waals surface area contributed by atoms with Crippen LogP contribution in [0.2, 0.25) is 0 Å². The van der Waals surface area contributed by atoms with Gasteiger partial charge in [-0.1, -0.05) is 26.7 Å². The molecular formula is C19H32N4O2. The summed E-state index contributed by atoms with van der Waals surface area (Å²) in [6, 6.07) is 3.84. The van der Waals surface area contributed by atoms with Gasteiger partial charge in [0, 0.05) is 26.2 Å². The fourth-order valence-electron chi connectivity index (χ4n) is 3.43. The number of hydrogen-bond acceptors (Lipinski definition) is 5. The van der Waals surface area contributed by atoms with E-state index in [0.717, 1.165) is 44.7 Å². The molecule has 0 spiro atoms. The number of carbonyl (C=O) groups excluding carboxylic acids is 1. The van der Waals surface area contributed by atoms with E-state index in [1.165, 1.54) is 0 Å². The molecule has 1 aliphatic heterocycles. The van der Waals surface area contributed by atoms with Crippen molar-refractivity contribution < 1.29 is 9.90 Å². The zero-order valence-electron chi connectivity index (χ0n) is 15.8. The third-order valence-corrected chi connectivity index (χ3v) is 4.80. The molecule has 0 aliphatic carbocycles. The first-order chi connectivity index (χ1) is 12.0. The molecule has 0 atom stereocenters. The van der Waals surface area contributed by atoms with Crippen molar-refractivity contribution in [1.82, 2.24) is 9.88 Å². The van der Waals surface area contributed by atoms with Gasteiger partial charge in [0.25, 0.3) is 0 Å². The minimum absolute atomic E-state index is 0.122. The second-order valence-corrected chi connectivity index (χ2v) is 7.14. The molecule has 2 heterocycles. The number of hydrogen-bond donors (Lipinski definition) is 2. The van der Waals surface area contributed by atoms with E-state index in [0.29, 0.717) is 18.7 Å². The zero-order valence-corrected chi connectivity index (χ0v) is 15.8. The van der Waals surface area contributed by atoms with Crippen LogP contribution in [0.4, 0.5) is 11.5 Å². The molecule has 0 radical (unpaired) electrons. The van der Waals surface area contributed by atoms with Crippen molar-refractivity contribution in [3.8, 4) is 0 Å². The van der Waals surface area contributed by atoms with E-state index >= 15 is 0 Å². The lowest BCUT2D eigenvalue weighted by Gasteiger charge is -2.33. The summed E-state index contributed by atoms with van der Waals surface area (Å²) in [4.78, 5) is 21.3. The van der Waals surface area contributed by atoms with E-state index in [1.54, 1.807) is 0 Å². The predicted octanol–water partition coefficient (Wildman–Crippen LogP) is 2.49. The Balaban J connectivity index is 1.90. The van der Waals surface area contributed by atoms with Crippen LogP contribution in [0.1, 0.15) is 46.0 Å². The molecular weight excluding hydrogens is 316 g/mol. The van der Waals surface area contributed by atoms with Gasteiger partial charge in [0.2, 0.25) is 5.91 Å². The van der Waals surface area contributed by atoms with Crippen LogP contribution in [-0.4, -0.2) is 59.7 Å². The summed E-state index contributed by atoms with van der Waals surface area (Å²) in [5.41, 5.74) is 0.174. The van der Waals surface area contributed by atoms with Gasteiger partial charge >= 0.3 is 0 Å². The summed E-state index contributed by atoms with van der Waals surface area (Å²) in [5.74, 6) is 0.363. The first-order valence-electron chi connectivity index (χ1n) is 9.37. The Morgan fingerprint density at radius 3 is 2.36 bits per heavy atom. The molecule has 1 amide bonds. The zero-order chi connectivity index (χ0) is 18.3. The Labute approximate surface area is 151 Å². The number of likely N-dealkylation sites (N-methyl/N-ethyl adjacent to an activating group) is 1. The van der Waals surface area contributed by atoms with Gasteiger partial charge in [-0.2, -0.15) is 0 Å². The number of nitrogens with one attached hydrogen (secondary N) is 1.